The SMILES string of the molecule is CCCC1(C(=O)N2CCCC(CO)C2)CCCN1. The molecule has 2 atom stereocenters. The zero-order chi connectivity index (χ0) is 13.0. The van der Waals surface area contributed by atoms with Crippen LogP contribution in [-0.4, -0.2) is 47.7 Å². The van der Waals surface area contributed by atoms with Crippen LogP contribution in [0.4, 0.5) is 0 Å². The number of rotatable bonds is 4. The molecule has 4 nitrogen and oxygen atoms in total. The second-order valence-corrected chi connectivity index (χ2v) is 5.80. The van der Waals surface area contributed by atoms with E-state index in [1.54, 1.807) is 0 Å². The predicted octanol–water partition coefficient (Wildman–Crippen LogP) is 1.14. The summed E-state index contributed by atoms with van der Waals surface area (Å²) in [5.74, 6) is 0.558. The molecule has 0 saturated carbocycles. The number of carbonyl (C=O) groups excluding carboxylic acids is 1. The minimum absolute atomic E-state index is 0.206. The van der Waals surface area contributed by atoms with Crippen molar-refractivity contribution < 1.29 is 9.90 Å². The summed E-state index contributed by atoms with van der Waals surface area (Å²) in [5, 5.41) is 12.7. The molecule has 0 aromatic heterocycles. The monoisotopic (exact) mass is 254 g/mol. The fourth-order valence-electron chi connectivity index (χ4n) is 3.44. The van der Waals surface area contributed by atoms with Crippen molar-refractivity contribution in [2.75, 3.05) is 26.2 Å². The van der Waals surface area contributed by atoms with Crippen molar-refractivity contribution in [1.29, 1.82) is 0 Å². The lowest BCUT2D eigenvalue weighted by molar-refractivity contribution is -0.140. The third-order valence-corrected chi connectivity index (χ3v) is 4.39. The zero-order valence-electron chi connectivity index (χ0n) is 11.5. The van der Waals surface area contributed by atoms with Gasteiger partial charge in [-0.3, -0.25) is 4.79 Å². The highest BCUT2D eigenvalue weighted by Crippen LogP contribution is 2.29. The van der Waals surface area contributed by atoms with Gasteiger partial charge in [0.2, 0.25) is 5.91 Å². The van der Waals surface area contributed by atoms with Crippen molar-refractivity contribution in [3.63, 3.8) is 0 Å². The van der Waals surface area contributed by atoms with Crippen molar-refractivity contribution >= 4 is 5.91 Å². The maximum atomic E-state index is 12.8. The molecule has 2 aliphatic rings. The van der Waals surface area contributed by atoms with Gasteiger partial charge in [0, 0.05) is 19.7 Å². The summed E-state index contributed by atoms with van der Waals surface area (Å²) in [6.45, 7) is 4.91. The van der Waals surface area contributed by atoms with E-state index in [1.807, 2.05) is 4.90 Å². The Labute approximate surface area is 110 Å². The van der Waals surface area contributed by atoms with Gasteiger partial charge in [-0.2, -0.15) is 0 Å². The normalized spacial score (nSPS) is 32.8. The molecule has 2 heterocycles. The van der Waals surface area contributed by atoms with E-state index < -0.39 is 0 Å². The average Bonchev–Trinajstić information content (AvgIpc) is 2.88. The van der Waals surface area contributed by atoms with Gasteiger partial charge in [-0.15, -0.1) is 0 Å². The zero-order valence-corrected chi connectivity index (χ0v) is 11.5. The summed E-state index contributed by atoms with van der Waals surface area (Å²) in [6, 6.07) is 0. The van der Waals surface area contributed by atoms with Gasteiger partial charge in [0.25, 0.3) is 0 Å². The standard InChI is InChI=1S/C14H26N2O2/c1-2-6-14(7-4-8-15-14)13(18)16-9-3-5-12(10-16)11-17/h12,15,17H,2-11H2,1H3. The smallest absolute Gasteiger partial charge is 0.242 e. The van der Waals surface area contributed by atoms with Gasteiger partial charge in [0.05, 0.1) is 5.54 Å². The summed E-state index contributed by atoms with van der Waals surface area (Å²) in [4.78, 5) is 14.7. The lowest BCUT2D eigenvalue weighted by Crippen LogP contribution is -2.57. The Hall–Kier alpha value is -0.610. The summed E-state index contributed by atoms with van der Waals surface area (Å²) in [6.07, 6.45) is 6.12. The van der Waals surface area contributed by atoms with Crippen LogP contribution in [0.5, 0.6) is 0 Å². The Morgan fingerprint density at radius 2 is 2.33 bits per heavy atom. The fraction of sp³-hybridized carbons (Fsp3) is 0.929. The second kappa shape index (κ2) is 6.02. The molecule has 2 rings (SSSR count). The third-order valence-electron chi connectivity index (χ3n) is 4.39. The molecule has 104 valence electrons. The summed E-state index contributed by atoms with van der Waals surface area (Å²) >= 11 is 0. The van der Waals surface area contributed by atoms with Crippen LogP contribution < -0.4 is 5.32 Å². The fourth-order valence-corrected chi connectivity index (χ4v) is 3.44. The van der Waals surface area contributed by atoms with Crippen molar-refractivity contribution in [3.05, 3.63) is 0 Å². The Morgan fingerprint density at radius 1 is 1.50 bits per heavy atom. The number of carbonyl (C=O) groups is 1. The molecule has 0 aromatic rings. The maximum absolute atomic E-state index is 12.8. The molecular formula is C14H26N2O2. The number of amides is 1. The molecule has 0 spiro atoms. The van der Waals surface area contributed by atoms with Crippen LogP contribution in [0, 0.1) is 5.92 Å². The molecule has 0 aromatic carbocycles. The highest BCUT2D eigenvalue weighted by Gasteiger charge is 2.43. The average molecular weight is 254 g/mol. The molecular weight excluding hydrogens is 228 g/mol. The lowest BCUT2D eigenvalue weighted by Gasteiger charge is -2.38. The van der Waals surface area contributed by atoms with E-state index in [0.717, 1.165) is 58.2 Å². The molecule has 2 unspecified atom stereocenters. The van der Waals surface area contributed by atoms with Crippen LogP contribution >= 0.6 is 0 Å². The number of nitrogens with zero attached hydrogens (tertiary/aromatic N) is 1. The first-order valence-electron chi connectivity index (χ1n) is 7.37. The Bertz CT molecular complexity index is 288. The molecule has 2 N–H and O–H groups in total. The van der Waals surface area contributed by atoms with Crippen LogP contribution in [0.3, 0.4) is 0 Å². The third kappa shape index (κ3) is 2.69. The molecule has 0 bridgehead atoms. The molecule has 2 aliphatic heterocycles. The number of aliphatic hydroxyl groups excluding tert-OH is 1. The van der Waals surface area contributed by atoms with E-state index in [0.29, 0.717) is 0 Å². The molecule has 0 aliphatic carbocycles. The second-order valence-electron chi connectivity index (χ2n) is 5.80. The van der Waals surface area contributed by atoms with E-state index in [2.05, 4.69) is 12.2 Å². The largest absolute Gasteiger partial charge is 0.396 e. The predicted molar refractivity (Wildman–Crippen MR) is 71.3 cm³/mol. The number of nitrogens with one attached hydrogen (secondary N) is 1. The summed E-state index contributed by atoms with van der Waals surface area (Å²) in [7, 11) is 0. The molecule has 1 amide bonds. The van der Waals surface area contributed by atoms with Gasteiger partial charge < -0.3 is 15.3 Å². The number of hydrogen-bond acceptors (Lipinski definition) is 3. The molecule has 18 heavy (non-hydrogen) atoms. The van der Waals surface area contributed by atoms with Crippen LogP contribution in [0.2, 0.25) is 0 Å². The first kappa shape index (κ1) is 13.8. The van der Waals surface area contributed by atoms with Gasteiger partial charge in [0.15, 0.2) is 0 Å². The van der Waals surface area contributed by atoms with Crippen molar-refractivity contribution in [3.8, 4) is 0 Å². The van der Waals surface area contributed by atoms with E-state index in [-0.39, 0.29) is 24.0 Å². The number of likely N-dealkylation sites (tertiary alicyclic amines) is 1. The van der Waals surface area contributed by atoms with Gasteiger partial charge in [0.1, 0.15) is 0 Å². The van der Waals surface area contributed by atoms with Crippen molar-refractivity contribution in [1.82, 2.24) is 10.2 Å². The van der Waals surface area contributed by atoms with Gasteiger partial charge in [-0.1, -0.05) is 13.3 Å². The highest BCUT2D eigenvalue weighted by molar-refractivity contribution is 5.86. The van der Waals surface area contributed by atoms with E-state index in [1.165, 1.54) is 0 Å². The number of piperidine rings is 1. The van der Waals surface area contributed by atoms with Crippen LogP contribution in [-0.2, 0) is 4.79 Å². The molecule has 0 radical (unpaired) electrons. The van der Waals surface area contributed by atoms with Gasteiger partial charge in [-0.05, 0) is 44.6 Å². The van der Waals surface area contributed by atoms with Crippen molar-refractivity contribution in [2.24, 2.45) is 5.92 Å². The first-order valence-corrected chi connectivity index (χ1v) is 7.37. The van der Waals surface area contributed by atoms with E-state index >= 15 is 0 Å². The topological polar surface area (TPSA) is 52.6 Å². The summed E-state index contributed by atoms with van der Waals surface area (Å²) in [5.41, 5.74) is -0.300. The number of aliphatic hydroxyl groups is 1. The number of hydrogen-bond donors (Lipinski definition) is 2. The lowest BCUT2D eigenvalue weighted by atomic mass is 9.88. The van der Waals surface area contributed by atoms with Gasteiger partial charge >= 0.3 is 0 Å². The van der Waals surface area contributed by atoms with Gasteiger partial charge in [-0.25, -0.2) is 0 Å². The Balaban J connectivity index is 2.04. The maximum Gasteiger partial charge on any atom is 0.242 e. The van der Waals surface area contributed by atoms with Crippen molar-refractivity contribution in [2.45, 2.75) is 51.0 Å². The van der Waals surface area contributed by atoms with E-state index in [9.17, 15) is 9.90 Å². The summed E-state index contributed by atoms with van der Waals surface area (Å²) < 4.78 is 0. The molecule has 2 saturated heterocycles. The minimum Gasteiger partial charge on any atom is -0.396 e. The Kier molecular flexibility index (Phi) is 4.62. The minimum atomic E-state index is -0.300. The quantitative estimate of drug-likeness (QED) is 0.791. The van der Waals surface area contributed by atoms with Crippen LogP contribution in [0.15, 0.2) is 0 Å². The highest BCUT2D eigenvalue weighted by atomic mass is 16.3. The Morgan fingerprint density at radius 3 is 2.94 bits per heavy atom. The molecule has 4 heteroatoms. The van der Waals surface area contributed by atoms with E-state index in [4.69, 9.17) is 0 Å². The first-order chi connectivity index (χ1) is 8.72. The van der Waals surface area contributed by atoms with Crippen LogP contribution in [0.25, 0.3) is 0 Å². The van der Waals surface area contributed by atoms with Crippen LogP contribution in [0.1, 0.15) is 45.4 Å². The molecule has 2 fully saturated rings.